The normalized spacial score (nSPS) is 11.0. The van der Waals surface area contributed by atoms with Crippen molar-refractivity contribution < 1.29 is 8.42 Å². The smallest absolute Gasteiger partial charge is 0.240 e. The molecule has 0 aliphatic rings. The summed E-state index contributed by atoms with van der Waals surface area (Å²) in [6.07, 6.45) is 1.04. The maximum atomic E-state index is 11.8. The van der Waals surface area contributed by atoms with E-state index in [0.29, 0.717) is 13.1 Å². The molecule has 104 valence electrons. The number of benzene rings is 1. The Labute approximate surface area is 123 Å². The van der Waals surface area contributed by atoms with Crippen molar-refractivity contribution >= 4 is 38.4 Å². The highest BCUT2D eigenvalue weighted by Gasteiger charge is 2.12. The summed E-state index contributed by atoms with van der Waals surface area (Å²) in [5.41, 5.74) is 0. The molecule has 0 aromatic heterocycles. The molecule has 0 bridgehead atoms. The summed E-state index contributed by atoms with van der Waals surface area (Å²) in [7, 11) is -3.38. The summed E-state index contributed by atoms with van der Waals surface area (Å²) >= 11 is 3.27. The van der Waals surface area contributed by atoms with E-state index >= 15 is 0 Å². The molecule has 0 amide bonds. The summed E-state index contributed by atoms with van der Waals surface area (Å²) in [6.45, 7) is 4.01. The van der Waals surface area contributed by atoms with Gasteiger partial charge in [0.25, 0.3) is 0 Å². The Hall–Kier alpha value is -0.140. The first-order valence-corrected chi connectivity index (χ1v) is 7.80. The molecule has 0 saturated carbocycles. The van der Waals surface area contributed by atoms with Gasteiger partial charge in [-0.1, -0.05) is 22.9 Å². The summed E-state index contributed by atoms with van der Waals surface area (Å²) in [6, 6.07) is 6.57. The van der Waals surface area contributed by atoms with Gasteiger partial charge in [0.2, 0.25) is 10.0 Å². The van der Waals surface area contributed by atoms with Crippen LogP contribution in [0.3, 0.4) is 0 Å². The van der Waals surface area contributed by atoms with E-state index in [1.165, 1.54) is 0 Å². The minimum Gasteiger partial charge on any atom is -0.315 e. The molecule has 7 heteroatoms. The zero-order valence-electron chi connectivity index (χ0n) is 10.1. The number of nitrogens with one attached hydrogen (secondary N) is 2. The molecule has 0 spiro atoms. The van der Waals surface area contributed by atoms with Gasteiger partial charge in [-0.2, -0.15) is 0 Å². The lowest BCUT2D eigenvalue weighted by atomic mass is 10.4. The SMILES string of the molecule is CCCNCCNS(=O)(=O)c1ccc(Br)cc1.Cl. The molecule has 4 nitrogen and oxygen atoms in total. The number of hydrogen-bond acceptors (Lipinski definition) is 3. The Morgan fingerprint density at radius 1 is 1.11 bits per heavy atom. The third-order valence-electron chi connectivity index (χ3n) is 2.14. The molecule has 2 N–H and O–H groups in total. The molecular weight excluding hydrogens is 340 g/mol. The minimum atomic E-state index is -3.38. The highest BCUT2D eigenvalue weighted by atomic mass is 79.9. The van der Waals surface area contributed by atoms with Crippen LogP contribution in [0.4, 0.5) is 0 Å². The molecule has 0 heterocycles. The monoisotopic (exact) mass is 356 g/mol. The second-order valence-electron chi connectivity index (χ2n) is 3.60. The summed E-state index contributed by atoms with van der Waals surface area (Å²) in [5.74, 6) is 0. The predicted octanol–water partition coefficient (Wildman–Crippen LogP) is 2.15. The molecule has 18 heavy (non-hydrogen) atoms. The Kier molecular flexibility index (Phi) is 8.81. The van der Waals surface area contributed by atoms with Crippen molar-refractivity contribution in [3.63, 3.8) is 0 Å². The van der Waals surface area contributed by atoms with E-state index in [4.69, 9.17) is 0 Å². The summed E-state index contributed by atoms with van der Waals surface area (Å²) in [5, 5.41) is 3.13. The van der Waals surface area contributed by atoms with Gasteiger partial charge in [0.05, 0.1) is 4.90 Å². The van der Waals surface area contributed by atoms with Crippen LogP contribution in [-0.4, -0.2) is 28.1 Å². The largest absolute Gasteiger partial charge is 0.315 e. The van der Waals surface area contributed by atoms with E-state index in [1.807, 2.05) is 0 Å². The van der Waals surface area contributed by atoms with Gasteiger partial charge < -0.3 is 5.32 Å². The van der Waals surface area contributed by atoms with Crippen molar-refractivity contribution in [1.82, 2.24) is 10.0 Å². The highest BCUT2D eigenvalue weighted by Crippen LogP contribution is 2.14. The van der Waals surface area contributed by atoms with Gasteiger partial charge in [-0.3, -0.25) is 0 Å². The van der Waals surface area contributed by atoms with Crippen LogP contribution in [0.1, 0.15) is 13.3 Å². The van der Waals surface area contributed by atoms with Crippen molar-refractivity contribution in [2.24, 2.45) is 0 Å². The molecule has 0 aliphatic carbocycles. The average molecular weight is 358 g/mol. The fourth-order valence-corrected chi connectivity index (χ4v) is 2.57. The zero-order chi connectivity index (χ0) is 12.7. The second kappa shape index (κ2) is 8.87. The summed E-state index contributed by atoms with van der Waals surface area (Å²) in [4.78, 5) is 0.288. The topological polar surface area (TPSA) is 58.2 Å². The molecule has 0 saturated heterocycles. The number of sulfonamides is 1. The number of hydrogen-bond donors (Lipinski definition) is 2. The van der Waals surface area contributed by atoms with Crippen LogP contribution in [0, 0.1) is 0 Å². The van der Waals surface area contributed by atoms with E-state index in [0.717, 1.165) is 17.4 Å². The Morgan fingerprint density at radius 2 is 1.72 bits per heavy atom. The van der Waals surface area contributed by atoms with Gasteiger partial charge in [-0.05, 0) is 37.2 Å². The number of halogens is 2. The molecule has 0 atom stereocenters. The van der Waals surface area contributed by atoms with Gasteiger partial charge in [0.15, 0.2) is 0 Å². The maximum Gasteiger partial charge on any atom is 0.240 e. The zero-order valence-corrected chi connectivity index (χ0v) is 13.4. The van der Waals surface area contributed by atoms with Gasteiger partial charge in [-0.25, -0.2) is 13.1 Å². The molecule has 0 aliphatic heterocycles. The van der Waals surface area contributed by atoms with Crippen LogP contribution < -0.4 is 10.0 Å². The van der Waals surface area contributed by atoms with Crippen molar-refractivity contribution in [2.75, 3.05) is 19.6 Å². The van der Waals surface area contributed by atoms with Crippen LogP contribution in [-0.2, 0) is 10.0 Å². The Morgan fingerprint density at radius 3 is 2.28 bits per heavy atom. The fraction of sp³-hybridized carbons (Fsp3) is 0.455. The molecule has 1 rings (SSSR count). The Balaban J connectivity index is 0.00000289. The van der Waals surface area contributed by atoms with Gasteiger partial charge in [0, 0.05) is 17.6 Å². The predicted molar refractivity (Wildman–Crippen MR) is 79.7 cm³/mol. The van der Waals surface area contributed by atoms with E-state index in [2.05, 4.69) is 32.9 Å². The molecule has 0 unspecified atom stereocenters. The third-order valence-corrected chi connectivity index (χ3v) is 4.15. The molecule has 0 radical (unpaired) electrons. The van der Waals surface area contributed by atoms with Crippen molar-refractivity contribution in [1.29, 1.82) is 0 Å². The second-order valence-corrected chi connectivity index (χ2v) is 6.28. The van der Waals surface area contributed by atoms with Crippen LogP contribution in [0.5, 0.6) is 0 Å². The average Bonchev–Trinajstić information content (AvgIpc) is 2.29. The van der Waals surface area contributed by atoms with E-state index in [-0.39, 0.29) is 17.3 Å². The van der Waals surface area contributed by atoms with Gasteiger partial charge in [-0.15, -0.1) is 12.4 Å². The standard InChI is InChI=1S/C11H17BrN2O2S.ClH/c1-2-7-13-8-9-14-17(15,16)11-5-3-10(12)4-6-11;/h3-6,13-14H,2,7-9H2,1H3;1H. The molecule has 0 fully saturated rings. The molecule has 1 aromatic rings. The third kappa shape index (κ3) is 6.15. The lowest BCUT2D eigenvalue weighted by molar-refractivity contribution is 0.575. The van der Waals surface area contributed by atoms with Gasteiger partial charge in [0.1, 0.15) is 0 Å². The molecular formula is C11H18BrClN2O2S. The molecule has 1 aromatic carbocycles. The number of rotatable bonds is 7. The van der Waals surface area contributed by atoms with E-state index < -0.39 is 10.0 Å². The van der Waals surface area contributed by atoms with E-state index in [9.17, 15) is 8.42 Å². The summed E-state index contributed by atoms with van der Waals surface area (Å²) < 4.78 is 27.1. The Bertz CT molecular complexity index is 437. The van der Waals surface area contributed by atoms with Crippen LogP contribution in [0.15, 0.2) is 33.6 Å². The van der Waals surface area contributed by atoms with Crippen molar-refractivity contribution in [3.8, 4) is 0 Å². The lowest BCUT2D eigenvalue weighted by Crippen LogP contribution is -2.32. The van der Waals surface area contributed by atoms with Crippen molar-refractivity contribution in [2.45, 2.75) is 18.2 Å². The minimum absolute atomic E-state index is 0. The van der Waals surface area contributed by atoms with Crippen molar-refractivity contribution in [3.05, 3.63) is 28.7 Å². The lowest BCUT2D eigenvalue weighted by Gasteiger charge is -2.07. The first kappa shape index (κ1) is 17.9. The fourth-order valence-electron chi connectivity index (χ4n) is 1.27. The highest BCUT2D eigenvalue weighted by molar-refractivity contribution is 9.10. The van der Waals surface area contributed by atoms with Crippen LogP contribution in [0.25, 0.3) is 0 Å². The first-order valence-electron chi connectivity index (χ1n) is 5.52. The maximum absolute atomic E-state index is 11.8. The van der Waals surface area contributed by atoms with Crippen LogP contribution in [0.2, 0.25) is 0 Å². The van der Waals surface area contributed by atoms with E-state index in [1.54, 1.807) is 24.3 Å². The quantitative estimate of drug-likeness (QED) is 0.735. The van der Waals surface area contributed by atoms with Gasteiger partial charge >= 0.3 is 0 Å². The van der Waals surface area contributed by atoms with Crippen LogP contribution >= 0.6 is 28.3 Å². The first-order chi connectivity index (χ1) is 8.06.